The second-order valence-electron chi connectivity index (χ2n) is 2.25. The SMILES string of the molecule is O=Cc1cnc(C(F)(F)F)c(O)c1. The van der Waals surface area contributed by atoms with Crippen molar-refractivity contribution in [1.29, 1.82) is 0 Å². The Labute approximate surface area is 70.8 Å². The Kier molecular flexibility index (Phi) is 2.22. The van der Waals surface area contributed by atoms with Gasteiger partial charge >= 0.3 is 6.18 Å². The number of hydrogen-bond donors (Lipinski definition) is 1. The first-order valence-electron chi connectivity index (χ1n) is 3.16. The Morgan fingerprint density at radius 3 is 2.46 bits per heavy atom. The van der Waals surface area contributed by atoms with E-state index in [4.69, 9.17) is 5.11 Å². The number of pyridine rings is 1. The summed E-state index contributed by atoms with van der Waals surface area (Å²) in [4.78, 5) is 13.0. The molecule has 0 aliphatic rings. The summed E-state index contributed by atoms with van der Waals surface area (Å²) in [7, 11) is 0. The molecule has 70 valence electrons. The lowest BCUT2D eigenvalue weighted by Crippen LogP contribution is -2.08. The summed E-state index contributed by atoms with van der Waals surface area (Å²) < 4.78 is 35.9. The van der Waals surface area contributed by atoms with Crippen molar-refractivity contribution in [2.24, 2.45) is 0 Å². The van der Waals surface area contributed by atoms with Crippen LogP contribution in [0, 0.1) is 0 Å². The summed E-state index contributed by atoms with van der Waals surface area (Å²) >= 11 is 0. The molecular weight excluding hydrogens is 187 g/mol. The van der Waals surface area contributed by atoms with E-state index in [1.54, 1.807) is 0 Å². The molecule has 0 bridgehead atoms. The Morgan fingerprint density at radius 2 is 2.08 bits per heavy atom. The van der Waals surface area contributed by atoms with Crippen LogP contribution in [0.15, 0.2) is 12.3 Å². The number of carbonyl (C=O) groups is 1. The molecule has 0 fully saturated rings. The molecule has 1 aromatic heterocycles. The predicted octanol–water partition coefficient (Wildman–Crippen LogP) is 1.62. The van der Waals surface area contributed by atoms with E-state index < -0.39 is 17.6 Å². The van der Waals surface area contributed by atoms with Crippen LogP contribution in [0.4, 0.5) is 13.2 Å². The number of hydrogen-bond acceptors (Lipinski definition) is 3. The monoisotopic (exact) mass is 191 g/mol. The minimum absolute atomic E-state index is 0.106. The second kappa shape index (κ2) is 3.04. The van der Waals surface area contributed by atoms with Crippen LogP contribution < -0.4 is 0 Å². The van der Waals surface area contributed by atoms with Crippen molar-refractivity contribution >= 4 is 6.29 Å². The fourth-order valence-corrected chi connectivity index (χ4v) is 0.752. The van der Waals surface area contributed by atoms with Gasteiger partial charge in [0.25, 0.3) is 0 Å². The molecule has 1 N–H and O–H groups in total. The summed E-state index contributed by atoms with van der Waals surface area (Å²) in [6.07, 6.45) is -3.66. The van der Waals surface area contributed by atoms with E-state index in [9.17, 15) is 18.0 Å². The fraction of sp³-hybridized carbons (Fsp3) is 0.143. The predicted molar refractivity (Wildman–Crippen MR) is 36.3 cm³/mol. The smallest absolute Gasteiger partial charge is 0.437 e. The lowest BCUT2D eigenvalue weighted by molar-refractivity contribution is -0.142. The lowest BCUT2D eigenvalue weighted by atomic mass is 10.2. The van der Waals surface area contributed by atoms with E-state index in [2.05, 4.69) is 4.98 Å². The van der Waals surface area contributed by atoms with Gasteiger partial charge in [0.05, 0.1) is 0 Å². The molecule has 0 atom stereocenters. The number of aromatic hydroxyl groups is 1. The molecule has 0 spiro atoms. The normalized spacial score (nSPS) is 11.3. The van der Waals surface area contributed by atoms with Crippen LogP contribution in [0.1, 0.15) is 16.1 Å². The summed E-state index contributed by atoms with van der Waals surface area (Å²) in [6, 6.07) is 0.711. The van der Waals surface area contributed by atoms with Crippen molar-refractivity contribution in [3.63, 3.8) is 0 Å². The summed E-state index contributed by atoms with van der Waals surface area (Å²) in [5, 5.41) is 8.82. The number of alkyl halides is 3. The van der Waals surface area contributed by atoms with Crippen LogP contribution in [-0.2, 0) is 6.18 Å². The third-order valence-electron chi connectivity index (χ3n) is 1.29. The maximum Gasteiger partial charge on any atom is 0.437 e. The van der Waals surface area contributed by atoms with Gasteiger partial charge in [0.15, 0.2) is 12.0 Å². The van der Waals surface area contributed by atoms with Crippen LogP contribution in [0.3, 0.4) is 0 Å². The molecule has 1 aromatic rings. The van der Waals surface area contributed by atoms with Crippen LogP contribution in [0.25, 0.3) is 0 Å². The highest BCUT2D eigenvalue weighted by Crippen LogP contribution is 2.33. The molecule has 0 saturated heterocycles. The van der Waals surface area contributed by atoms with Gasteiger partial charge in [0.1, 0.15) is 5.75 Å². The Bertz CT molecular complexity index is 335. The van der Waals surface area contributed by atoms with Gasteiger partial charge in [-0.3, -0.25) is 4.79 Å². The summed E-state index contributed by atoms with van der Waals surface area (Å²) in [6.45, 7) is 0. The molecule has 0 unspecified atom stereocenters. The third kappa shape index (κ3) is 1.95. The third-order valence-corrected chi connectivity index (χ3v) is 1.29. The molecule has 0 aromatic carbocycles. The fourth-order valence-electron chi connectivity index (χ4n) is 0.752. The Balaban J connectivity index is 3.20. The van der Waals surface area contributed by atoms with Crippen molar-refractivity contribution in [3.05, 3.63) is 23.5 Å². The molecule has 3 nitrogen and oxygen atoms in total. The molecule has 0 amide bonds. The average Bonchev–Trinajstić information content (AvgIpc) is 2.01. The zero-order valence-corrected chi connectivity index (χ0v) is 6.17. The average molecular weight is 191 g/mol. The van der Waals surface area contributed by atoms with Gasteiger partial charge in [-0.1, -0.05) is 0 Å². The number of carbonyl (C=O) groups excluding carboxylic acids is 1. The van der Waals surface area contributed by atoms with Gasteiger partial charge < -0.3 is 5.11 Å². The van der Waals surface area contributed by atoms with E-state index >= 15 is 0 Å². The topological polar surface area (TPSA) is 50.2 Å². The first kappa shape index (κ1) is 9.50. The minimum atomic E-state index is -4.70. The highest BCUT2D eigenvalue weighted by atomic mass is 19.4. The van der Waals surface area contributed by atoms with E-state index in [0.717, 1.165) is 6.20 Å². The quantitative estimate of drug-likeness (QED) is 0.686. The molecule has 0 saturated carbocycles. The van der Waals surface area contributed by atoms with Crippen molar-refractivity contribution in [1.82, 2.24) is 4.98 Å². The van der Waals surface area contributed by atoms with E-state index in [1.165, 1.54) is 0 Å². The summed E-state index contributed by atoms with van der Waals surface area (Å²) in [5.41, 5.74) is -1.50. The number of rotatable bonds is 1. The van der Waals surface area contributed by atoms with Crippen LogP contribution in [-0.4, -0.2) is 16.4 Å². The molecule has 13 heavy (non-hydrogen) atoms. The van der Waals surface area contributed by atoms with E-state index in [0.29, 0.717) is 12.4 Å². The number of aldehydes is 1. The van der Waals surface area contributed by atoms with Gasteiger partial charge in [-0.05, 0) is 6.07 Å². The van der Waals surface area contributed by atoms with Crippen molar-refractivity contribution in [2.75, 3.05) is 0 Å². The van der Waals surface area contributed by atoms with Crippen molar-refractivity contribution < 1.29 is 23.1 Å². The summed E-state index contributed by atoms with van der Waals surface area (Å²) in [5.74, 6) is -1.04. The molecular formula is C7H4F3NO2. The second-order valence-corrected chi connectivity index (χ2v) is 2.25. The van der Waals surface area contributed by atoms with Gasteiger partial charge in [-0.25, -0.2) is 4.98 Å². The number of halogens is 3. The van der Waals surface area contributed by atoms with Crippen LogP contribution in [0.2, 0.25) is 0 Å². The highest BCUT2D eigenvalue weighted by Gasteiger charge is 2.35. The lowest BCUT2D eigenvalue weighted by Gasteiger charge is -2.06. The highest BCUT2D eigenvalue weighted by molar-refractivity contribution is 5.74. The zero-order chi connectivity index (χ0) is 10.1. The largest absolute Gasteiger partial charge is 0.506 e. The first-order chi connectivity index (χ1) is 5.95. The van der Waals surface area contributed by atoms with Gasteiger partial charge in [-0.15, -0.1) is 0 Å². The van der Waals surface area contributed by atoms with Gasteiger partial charge in [-0.2, -0.15) is 13.2 Å². The maximum absolute atomic E-state index is 12.0. The van der Waals surface area contributed by atoms with Crippen molar-refractivity contribution in [3.8, 4) is 5.75 Å². The van der Waals surface area contributed by atoms with Crippen molar-refractivity contribution in [2.45, 2.75) is 6.18 Å². The van der Waals surface area contributed by atoms with E-state index in [-0.39, 0.29) is 5.56 Å². The molecule has 0 aliphatic heterocycles. The Hall–Kier alpha value is -1.59. The number of aromatic nitrogens is 1. The van der Waals surface area contributed by atoms with Crippen LogP contribution in [0.5, 0.6) is 5.75 Å². The minimum Gasteiger partial charge on any atom is -0.506 e. The molecule has 1 rings (SSSR count). The molecule has 1 heterocycles. The standard InChI is InChI=1S/C7H4F3NO2/c8-7(9,10)6-5(13)1-4(3-12)2-11-6/h1-3,13H. The van der Waals surface area contributed by atoms with Crippen LogP contribution >= 0.6 is 0 Å². The van der Waals surface area contributed by atoms with Gasteiger partial charge in [0.2, 0.25) is 0 Å². The van der Waals surface area contributed by atoms with Gasteiger partial charge in [0, 0.05) is 11.8 Å². The molecule has 0 aliphatic carbocycles. The molecule has 6 heteroatoms. The van der Waals surface area contributed by atoms with E-state index in [1.807, 2.05) is 0 Å². The maximum atomic E-state index is 12.0. The zero-order valence-electron chi connectivity index (χ0n) is 6.17. The molecule has 0 radical (unpaired) electrons. The number of nitrogens with zero attached hydrogens (tertiary/aromatic N) is 1. The Morgan fingerprint density at radius 1 is 1.46 bits per heavy atom. The first-order valence-corrected chi connectivity index (χ1v) is 3.16.